The molecule has 3 rings (SSSR count). The monoisotopic (exact) mass is 312 g/mol. The van der Waals surface area contributed by atoms with Gasteiger partial charge in [-0.1, -0.05) is 6.08 Å². The van der Waals surface area contributed by atoms with Crippen molar-refractivity contribution in [1.29, 1.82) is 0 Å². The van der Waals surface area contributed by atoms with Crippen molar-refractivity contribution in [2.45, 2.75) is 0 Å². The van der Waals surface area contributed by atoms with E-state index in [0.717, 1.165) is 26.5 Å². The minimum Gasteiger partial charge on any atom is -0.497 e. The van der Waals surface area contributed by atoms with Gasteiger partial charge in [0.2, 0.25) is 0 Å². The van der Waals surface area contributed by atoms with Crippen LogP contribution in [0.15, 0.2) is 42.5 Å². The lowest BCUT2D eigenvalue weighted by atomic mass is 10.2. The number of rotatable bonds is 4. The number of nitro benzene ring substituents is 1. The van der Waals surface area contributed by atoms with Crippen LogP contribution in [0.4, 0.5) is 5.69 Å². The van der Waals surface area contributed by atoms with Crippen LogP contribution in [0.3, 0.4) is 0 Å². The van der Waals surface area contributed by atoms with Gasteiger partial charge in [0.05, 0.1) is 22.2 Å². The highest BCUT2D eigenvalue weighted by Gasteiger charge is 2.04. The first-order valence-electron chi connectivity index (χ1n) is 6.53. The minimum absolute atomic E-state index is 0.0873. The minimum atomic E-state index is -0.408. The van der Waals surface area contributed by atoms with Crippen LogP contribution in [-0.2, 0) is 0 Å². The van der Waals surface area contributed by atoms with Crippen LogP contribution in [0.5, 0.6) is 5.75 Å². The summed E-state index contributed by atoms with van der Waals surface area (Å²) in [6.45, 7) is 0. The van der Waals surface area contributed by atoms with Crippen LogP contribution >= 0.6 is 11.3 Å². The normalized spacial score (nSPS) is 11.1. The molecular weight excluding hydrogens is 300 g/mol. The molecule has 0 N–H and O–H groups in total. The summed E-state index contributed by atoms with van der Waals surface area (Å²) in [4.78, 5) is 14.7. The number of thiazole rings is 1. The number of non-ortho nitro benzene ring substituents is 1. The third kappa shape index (κ3) is 2.96. The fourth-order valence-electron chi connectivity index (χ4n) is 2.00. The summed E-state index contributed by atoms with van der Waals surface area (Å²) in [6.07, 6.45) is 3.79. The summed E-state index contributed by atoms with van der Waals surface area (Å²) in [5.74, 6) is 0.807. The Hall–Kier alpha value is -2.73. The predicted octanol–water partition coefficient (Wildman–Crippen LogP) is 4.38. The Labute approximate surface area is 130 Å². The zero-order valence-corrected chi connectivity index (χ0v) is 12.5. The summed E-state index contributed by atoms with van der Waals surface area (Å²) in [5.41, 5.74) is 1.90. The van der Waals surface area contributed by atoms with E-state index < -0.39 is 4.92 Å². The molecule has 22 heavy (non-hydrogen) atoms. The summed E-state index contributed by atoms with van der Waals surface area (Å²) in [6, 6.07) is 12.2. The Morgan fingerprint density at radius 2 is 1.95 bits per heavy atom. The van der Waals surface area contributed by atoms with Crippen molar-refractivity contribution in [1.82, 2.24) is 4.98 Å². The summed E-state index contributed by atoms with van der Waals surface area (Å²) >= 11 is 1.57. The molecule has 0 spiro atoms. The number of nitrogens with zero attached hydrogens (tertiary/aromatic N) is 2. The van der Waals surface area contributed by atoms with Crippen LogP contribution in [0.2, 0.25) is 0 Å². The van der Waals surface area contributed by atoms with Crippen molar-refractivity contribution in [2.75, 3.05) is 7.11 Å². The van der Waals surface area contributed by atoms with Gasteiger partial charge in [0.1, 0.15) is 10.8 Å². The zero-order valence-electron chi connectivity index (χ0n) is 11.7. The average molecular weight is 312 g/mol. The Morgan fingerprint density at radius 3 is 2.64 bits per heavy atom. The van der Waals surface area contributed by atoms with Crippen molar-refractivity contribution in [2.24, 2.45) is 0 Å². The molecule has 110 valence electrons. The lowest BCUT2D eigenvalue weighted by molar-refractivity contribution is -0.384. The van der Waals surface area contributed by atoms with E-state index in [9.17, 15) is 10.1 Å². The van der Waals surface area contributed by atoms with Gasteiger partial charge in [-0.3, -0.25) is 10.1 Å². The van der Waals surface area contributed by atoms with Crippen molar-refractivity contribution in [3.05, 3.63) is 63.1 Å². The second kappa shape index (κ2) is 5.95. The Balaban J connectivity index is 1.84. The van der Waals surface area contributed by atoms with Gasteiger partial charge in [-0.15, -0.1) is 11.3 Å². The molecule has 0 saturated carbocycles. The average Bonchev–Trinajstić information content (AvgIpc) is 2.95. The first-order chi connectivity index (χ1) is 10.7. The van der Waals surface area contributed by atoms with Crippen LogP contribution in [0.1, 0.15) is 10.6 Å². The van der Waals surface area contributed by atoms with Gasteiger partial charge in [-0.25, -0.2) is 4.98 Å². The fraction of sp³-hybridized carbons (Fsp3) is 0.0625. The number of hydrogen-bond acceptors (Lipinski definition) is 5. The molecule has 0 unspecified atom stereocenters. The van der Waals surface area contributed by atoms with Crippen molar-refractivity contribution < 1.29 is 9.66 Å². The predicted molar refractivity (Wildman–Crippen MR) is 88.2 cm³/mol. The highest BCUT2D eigenvalue weighted by molar-refractivity contribution is 7.19. The van der Waals surface area contributed by atoms with Gasteiger partial charge in [-0.05, 0) is 42.0 Å². The first-order valence-corrected chi connectivity index (χ1v) is 7.34. The molecule has 2 aromatic carbocycles. The lowest BCUT2D eigenvalue weighted by Crippen LogP contribution is -1.86. The molecule has 1 aromatic heterocycles. The van der Waals surface area contributed by atoms with E-state index in [0.29, 0.717) is 0 Å². The van der Waals surface area contributed by atoms with Gasteiger partial charge in [0.25, 0.3) is 5.69 Å². The molecule has 0 aliphatic carbocycles. The van der Waals surface area contributed by atoms with E-state index in [1.807, 2.05) is 30.4 Å². The smallest absolute Gasteiger partial charge is 0.269 e. The number of aromatic nitrogens is 1. The molecule has 0 atom stereocenters. The van der Waals surface area contributed by atoms with Gasteiger partial charge >= 0.3 is 0 Å². The molecule has 0 bridgehead atoms. The fourth-order valence-corrected chi connectivity index (χ4v) is 2.89. The number of hydrogen-bond donors (Lipinski definition) is 0. The first kappa shape index (κ1) is 14.2. The van der Waals surface area contributed by atoms with Crippen LogP contribution < -0.4 is 4.74 Å². The van der Waals surface area contributed by atoms with Crippen LogP contribution in [0, 0.1) is 10.1 Å². The SMILES string of the molecule is COc1ccc2nc(/C=C/c3ccc([N+](=O)[O-])cc3)sc2c1. The molecule has 0 amide bonds. The highest BCUT2D eigenvalue weighted by atomic mass is 32.1. The second-order valence-corrected chi connectivity index (χ2v) is 5.63. The number of ether oxygens (including phenoxy) is 1. The zero-order chi connectivity index (χ0) is 15.5. The van der Waals surface area contributed by atoms with E-state index in [4.69, 9.17) is 4.74 Å². The van der Waals surface area contributed by atoms with Gasteiger partial charge in [-0.2, -0.15) is 0 Å². The topological polar surface area (TPSA) is 65.3 Å². The maximum Gasteiger partial charge on any atom is 0.269 e. The number of benzene rings is 2. The van der Waals surface area contributed by atoms with Gasteiger partial charge < -0.3 is 4.74 Å². The second-order valence-electron chi connectivity index (χ2n) is 4.57. The highest BCUT2D eigenvalue weighted by Crippen LogP contribution is 2.27. The van der Waals surface area contributed by atoms with Crippen molar-refractivity contribution in [3.63, 3.8) is 0 Å². The summed E-state index contributed by atoms with van der Waals surface area (Å²) in [5, 5.41) is 11.5. The van der Waals surface area contributed by atoms with E-state index in [-0.39, 0.29) is 5.69 Å². The molecule has 5 nitrogen and oxygen atoms in total. The molecular formula is C16H12N2O3S. The molecule has 0 fully saturated rings. The maximum absolute atomic E-state index is 10.6. The lowest BCUT2D eigenvalue weighted by Gasteiger charge is -1.96. The largest absolute Gasteiger partial charge is 0.497 e. The third-order valence-corrected chi connectivity index (χ3v) is 4.12. The Bertz CT molecular complexity index is 853. The van der Waals surface area contributed by atoms with E-state index in [1.165, 1.54) is 12.1 Å². The quantitative estimate of drug-likeness (QED) is 0.529. The third-order valence-electron chi connectivity index (χ3n) is 3.13. The van der Waals surface area contributed by atoms with Gasteiger partial charge in [0.15, 0.2) is 0 Å². The summed E-state index contributed by atoms with van der Waals surface area (Å²) < 4.78 is 6.26. The molecule has 0 aliphatic rings. The molecule has 0 aliphatic heterocycles. The van der Waals surface area contributed by atoms with Gasteiger partial charge in [0, 0.05) is 12.1 Å². The van der Waals surface area contributed by atoms with E-state index in [1.54, 1.807) is 30.6 Å². The number of fused-ring (bicyclic) bond motifs is 1. The number of nitro groups is 1. The van der Waals surface area contributed by atoms with Crippen LogP contribution in [-0.4, -0.2) is 17.0 Å². The molecule has 0 saturated heterocycles. The molecule has 6 heteroatoms. The Morgan fingerprint density at radius 1 is 1.18 bits per heavy atom. The van der Waals surface area contributed by atoms with Crippen molar-refractivity contribution in [3.8, 4) is 5.75 Å². The molecule has 1 heterocycles. The molecule has 0 radical (unpaired) electrons. The molecule has 3 aromatic rings. The maximum atomic E-state index is 10.6. The Kier molecular flexibility index (Phi) is 3.84. The van der Waals surface area contributed by atoms with E-state index in [2.05, 4.69) is 4.98 Å². The summed E-state index contributed by atoms with van der Waals surface area (Å²) in [7, 11) is 1.64. The van der Waals surface area contributed by atoms with Crippen LogP contribution in [0.25, 0.3) is 22.4 Å². The van der Waals surface area contributed by atoms with E-state index >= 15 is 0 Å². The number of methoxy groups -OCH3 is 1. The standard InChI is InChI=1S/C16H12N2O3S/c1-21-13-7-8-14-15(10-13)22-16(17-14)9-4-11-2-5-12(6-3-11)18(19)20/h2-10H,1H3/b9-4+. The van der Waals surface area contributed by atoms with Crippen molar-refractivity contribution >= 4 is 39.4 Å².